The van der Waals surface area contributed by atoms with Gasteiger partial charge in [-0.15, -0.1) is 0 Å². The quantitative estimate of drug-likeness (QED) is 0.0936. The zero-order chi connectivity index (χ0) is 26.7. The van der Waals surface area contributed by atoms with Crippen LogP contribution in [0.3, 0.4) is 0 Å². The van der Waals surface area contributed by atoms with Crippen LogP contribution in [0.25, 0.3) is 33.4 Å². The summed E-state index contributed by atoms with van der Waals surface area (Å²) in [5, 5.41) is 25.2. The van der Waals surface area contributed by atoms with Gasteiger partial charge in [0.25, 0.3) is 10.0 Å². The molecule has 200 valence electrons. The number of aromatic carboxylic acids is 1. The molecule has 12 heteroatoms. The van der Waals surface area contributed by atoms with Crippen molar-refractivity contribution in [2.45, 2.75) is 30.6 Å². The Bertz CT molecular complexity index is 1650. The van der Waals surface area contributed by atoms with E-state index < -0.39 is 22.0 Å². The van der Waals surface area contributed by atoms with Gasteiger partial charge in [-0.1, -0.05) is 24.6 Å². The molecule has 0 fully saturated rings. The molecule has 4 rings (SSSR count). The van der Waals surface area contributed by atoms with Crippen molar-refractivity contribution in [1.82, 2.24) is 4.72 Å². The number of hydrogen-bond acceptors (Lipinski definition) is 6. The van der Waals surface area contributed by atoms with Crippen LogP contribution < -0.4 is 33.6 Å². The number of benzene rings is 3. The lowest BCUT2D eigenvalue weighted by atomic mass is 9.90. The van der Waals surface area contributed by atoms with E-state index in [-0.39, 0.29) is 52.5 Å². The van der Waals surface area contributed by atoms with Gasteiger partial charge in [0.1, 0.15) is 5.58 Å². The van der Waals surface area contributed by atoms with Crippen LogP contribution in [0.1, 0.15) is 36.0 Å². The van der Waals surface area contributed by atoms with Crippen LogP contribution in [0.2, 0.25) is 0 Å². The molecule has 0 amide bonds. The number of hydrogen-bond donors (Lipinski definition) is 5. The van der Waals surface area contributed by atoms with Crippen LogP contribution in [0.15, 0.2) is 63.9 Å². The average molecular weight is 560 g/mol. The average Bonchev–Trinajstić information content (AvgIpc) is 2.84. The number of anilines is 1. The number of carboxylic acids is 2. The number of fused-ring (bicyclic) bond motifs is 2. The Hall–Kier alpha value is -3.93. The van der Waals surface area contributed by atoms with E-state index in [4.69, 9.17) is 20.7 Å². The maximum Gasteiger partial charge on any atom is 0.336 e. The third kappa shape index (κ3) is 5.80. The number of carboxylic acid groups (broad SMARTS) is 2. The number of sulfonamides is 1. The van der Waals surface area contributed by atoms with Crippen LogP contribution >= 0.6 is 0 Å². The van der Waals surface area contributed by atoms with Crippen LogP contribution in [0.5, 0.6) is 0 Å². The number of aliphatic carboxylic acids is 1. The molecule has 0 saturated carbocycles. The van der Waals surface area contributed by atoms with Crippen LogP contribution in [0.4, 0.5) is 5.69 Å². The van der Waals surface area contributed by atoms with E-state index in [9.17, 15) is 23.1 Å². The Balaban J connectivity index is 0.00000400. The number of rotatable bonds is 10. The maximum absolute atomic E-state index is 13.4. The monoisotopic (exact) mass is 559 g/mol. The van der Waals surface area contributed by atoms with Crippen molar-refractivity contribution in [3.63, 3.8) is 0 Å². The standard InChI is InChI=1S/C26H25N3O7S.ClH/c27-15-9-10-18-21(14-15)36-24-19(23(18)16-6-3-4-7-17(16)26(32)33)11-12-20(28)25(24)37(34,35)29-13-5-1-2-8-22(30)31;/h3-4,6-7,9-12,14,28-29H,1-2,5,8,13,27H2,(H,30,31)(H,32,33);1H. The predicted molar refractivity (Wildman–Crippen MR) is 136 cm³/mol. The van der Waals surface area contributed by atoms with Crippen molar-refractivity contribution in [2.75, 3.05) is 12.3 Å². The largest absolute Gasteiger partial charge is 1.00 e. The molecule has 0 atom stereocenters. The number of nitrogen functional groups attached to an aromatic ring is 1. The highest BCUT2D eigenvalue weighted by Gasteiger charge is 2.31. The summed E-state index contributed by atoms with van der Waals surface area (Å²) in [6, 6.07) is 14.3. The minimum Gasteiger partial charge on any atom is -1.00 e. The zero-order valence-corrected chi connectivity index (χ0v) is 21.7. The molecule has 0 saturated heterocycles. The van der Waals surface area contributed by atoms with Crippen LogP contribution in [0, 0.1) is 0 Å². The molecule has 1 heterocycles. The van der Waals surface area contributed by atoms with E-state index in [1.54, 1.807) is 36.4 Å². The Morgan fingerprint density at radius 1 is 0.974 bits per heavy atom. The molecule has 7 N–H and O–H groups in total. The second-order valence-electron chi connectivity index (χ2n) is 8.55. The van der Waals surface area contributed by atoms with Crippen molar-refractivity contribution in [3.8, 4) is 22.5 Å². The van der Waals surface area contributed by atoms with Gasteiger partial charge in [0.2, 0.25) is 5.36 Å². The fourth-order valence-electron chi connectivity index (χ4n) is 4.27. The van der Waals surface area contributed by atoms with Crippen LogP contribution in [-0.2, 0) is 14.8 Å². The lowest BCUT2D eigenvalue weighted by Crippen LogP contribution is -3.00. The van der Waals surface area contributed by atoms with E-state index in [0.717, 1.165) is 0 Å². The van der Waals surface area contributed by atoms with E-state index in [2.05, 4.69) is 4.72 Å². The number of halogens is 1. The highest BCUT2D eigenvalue weighted by molar-refractivity contribution is 7.89. The van der Waals surface area contributed by atoms with E-state index in [0.29, 0.717) is 47.0 Å². The van der Waals surface area contributed by atoms with Gasteiger partial charge >= 0.3 is 11.9 Å². The molecule has 0 spiro atoms. The summed E-state index contributed by atoms with van der Waals surface area (Å²) in [4.78, 5) is 22.4. The molecule has 38 heavy (non-hydrogen) atoms. The van der Waals surface area contributed by atoms with Gasteiger partial charge in [-0.25, -0.2) is 17.9 Å². The Labute approximate surface area is 224 Å². The first-order valence-corrected chi connectivity index (χ1v) is 13.0. The Kier molecular flexibility index (Phi) is 8.77. The van der Waals surface area contributed by atoms with Crippen molar-refractivity contribution in [1.29, 1.82) is 0 Å². The van der Waals surface area contributed by atoms with Gasteiger partial charge in [0.15, 0.2) is 10.7 Å². The summed E-state index contributed by atoms with van der Waals surface area (Å²) in [7, 11) is -4.16. The molecule has 2 aliphatic rings. The highest BCUT2D eigenvalue weighted by Crippen LogP contribution is 2.43. The van der Waals surface area contributed by atoms with Gasteiger partial charge < -0.3 is 32.8 Å². The number of carbonyl (C=O) groups is 2. The smallest absolute Gasteiger partial charge is 0.336 e. The van der Waals surface area contributed by atoms with Gasteiger partial charge in [0, 0.05) is 47.3 Å². The minimum atomic E-state index is -4.16. The molecule has 10 nitrogen and oxygen atoms in total. The van der Waals surface area contributed by atoms with E-state index in [1.165, 1.54) is 18.2 Å². The molecule has 2 aromatic carbocycles. The lowest BCUT2D eigenvalue weighted by molar-refractivity contribution is -0.176. The molecular formula is C26H26ClN3O7S. The molecular weight excluding hydrogens is 534 g/mol. The third-order valence-corrected chi connectivity index (χ3v) is 7.50. The first-order valence-electron chi connectivity index (χ1n) is 11.5. The third-order valence-electron chi connectivity index (χ3n) is 5.95. The topological polar surface area (TPSA) is 186 Å². The highest BCUT2D eigenvalue weighted by atomic mass is 35.5. The number of nitrogens with one attached hydrogen (secondary N) is 1. The normalized spacial score (nSPS) is 11.4. The second kappa shape index (κ2) is 11.6. The molecule has 0 unspecified atom stereocenters. The molecule has 0 aromatic heterocycles. The summed E-state index contributed by atoms with van der Waals surface area (Å²) in [6.45, 7) is 0.0764. The second-order valence-corrected chi connectivity index (χ2v) is 10.2. The molecule has 0 bridgehead atoms. The first kappa shape index (κ1) is 28.6. The van der Waals surface area contributed by atoms with Crippen molar-refractivity contribution in [3.05, 3.63) is 65.5 Å². The molecule has 1 aliphatic carbocycles. The summed E-state index contributed by atoms with van der Waals surface area (Å²) in [5.74, 6) is -2.08. The minimum absolute atomic E-state index is 0. The first-order chi connectivity index (χ1) is 17.6. The summed E-state index contributed by atoms with van der Waals surface area (Å²) in [5.41, 5.74) is 7.86. The van der Waals surface area contributed by atoms with E-state index >= 15 is 0 Å². The van der Waals surface area contributed by atoms with Gasteiger partial charge in [-0.2, -0.15) is 0 Å². The fraction of sp³-hybridized carbons (Fsp3) is 0.192. The maximum atomic E-state index is 13.4. The Morgan fingerprint density at radius 3 is 2.42 bits per heavy atom. The SMILES string of the molecule is Nc1ccc2c(-c3ccccc3C(=O)O)c3ccc(=[NH2+])c(S(=O)(=O)NCCCCCC(=O)O)c-3oc2c1.[Cl-]. The summed E-state index contributed by atoms with van der Waals surface area (Å²) >= 11 is 0. The van der Waals surface area contributed by atoms with E-state index in [1.807, 2.05) is 0 Å². The molecule has 1 aliphatic heterocycles. The summed E-state index contributed by atoms with van der Waals surface area (Å²) < 4.78 is 35.3. The fourth-order valence-corrected chi connectivity index (χ4v) is 5.60. The number of unbranched alkanes of at least 4 members (excludes halogenated alkanes) is 2. The zero-order valence-electron chi connectivity index (χ0n) is 20.1. The summed E-state index contributed by atoms with van der Waals surface area (Å²) in [6.07, 6.45) is 1.41. The predicted octanol–water partition coefficient (Wildman–Crippen LogP) is -0.928. The van der Waals surface area contributed by atoms with Crippen molar-refractivity contribution < 1.29 is 50.5 Å². The van der Waals surface area contributed by atoms with Gasteiger partial charge in [-0.3, -0.25) is 10.2 Å². The number of nitrogens with two attached hydrogens (primary N) is 2. The van der Waals surface area contributed by atoms with Crippen molar-refractivity contribution in [2.24, 2.45) is 0 Å². The molecule has 0 radical (unpaired) electrons. The van der Waals surface area contributed by atoms with Gasteiger partial charge in [-0.05, 0) is 42.7 Å². The lowest BCUT2D eigenvalue weighted by Gasteiger charge is -2.18. The Morgan fingerprint density at radius 2 is 1.71 bits per heavy atom. The van der Waals surface area contributed by atoms with Gasteiger partial charge in [0.05, 0.1) is 5.56 Å². The van der Waals surface area contributed by atoms with Crippen molar-refractivity contribution >= 4 is 38.6 Å². The molecule has 2 aromatic rings. The van der Waals surface area contributed by atoms with Crippen LogP contribution in [-0.4, -0.2) is 37.1 Å².